The Balaban J connectivity index is 1.23. The van der Waals surface area contributed by atoms with Gasteiger partial charge < -0.3 is 30.7 Å². The number of aromatic nitrogens is 3. The van der Waals surface area contributed by atoms with E-state index in [4.69, 9.17) is 9.47 Å². The maximum Gasteiger partial charge on any atom is 0.422 e. The molecule has 2 spiro atoms. The van der Waals surface area contributed by atoms with Crippen LogP contribution in [0.2, 0.25) is 0 Å². The predicted octanol–water partition coefficient (Wildman–Crippen LogP) is 4.83. The van der Waals surface area contributed by atoms with Crippen LogP contribution in [0, 0.1) is 10.8 Å². The predicted molar refractivity (Wildman–Crippen MR) is 154 cm³/mol. The second kappa shape index (κ2) is 11.9. The lowest BCUT2D eigenvalue weighted by molar-refractivity contribution is -0.154. The third kappa shape index (κ3) is 7.64. The fourth-order valence-corrected chi connectivity index (χ4v) is 5.26. The van der Waals surface area contributed by atoms with Gasteiger partial charge in [0.2, 0.25) is 11.9 Å². The maximum atomic E-state index is 12.9. The average molecular weight is 598 g/mol. The molecule has 0 unspecified atom stereocenters. The van der Waals surface area contributed by atoms with Gasteiger partial charge in [-0.05, 0) is 67.6 Å². The van der Waals surface area contributed by atoms with E-state index < -0.39 is 18.8 Å². The Hall–Kier alpha value is -4.13. The minimum atomic E-state index is -4.55. The molecule has 2 saturated carbocycles. The first-order chi connectivity index (χ1) is 20.7. The number of anilines is 3. The van der Waals surface area contributed by atoms with Gasteiger partial charge in [0.15, 0.2) is 6.61 Å². The van der Waals surface area contributed by atoms with Gasteiger partial charge >= 0.3 is 12.2 Å². The molecular weight excluding hydrogens is 563 g/mol. The zero-order chi connectivity index (χ0) is 29.9. The van der Waals surface area contributed by atoms with Gasteiger partial charge in [0.25, 0.3) is 5.91 Å². The number of rotatable bonds is 2. The molecule has 3 aromatic rings. The largest absolute Gasteiger partial charge is 0.493 e. The molecule has 0 saturated heterocycles. The quantitative estimate of drug-likeness (QED) is 0.329. The van der Waals surface area contributed by atoms with Gasteiger partial charge in [0.1, 0.15) is 5.75 Å². The van der Waals surface area contributed by atoms with Gasteiger partial charge in [-0.2, -0.15) is 28.1 Å². The van der Waals surface area contributed by atoms with E-state index in [0.29, 0.717) is 30.9 Å². The van der Waals surface area contributed by atoms with Crippen molar-refractivity contribution in [1.82, 2.24) is 25.6 Å². The van der Waals surface area contributed by atoms with Crippen LogP contribution in [-0.2, 0) is 6.54 Å². The molecule has 9 rings (SSSR count). The summed E-state index contributed by atoms with van der Waals surface area (Å²) in [5, 5.41) is 12.7. The number of alkyl halides is 3. The van der Waals surface area contributed by atoms with Crippen LogP contribution in [0.3, 0.4) is 0 Å². The summed E-state index contributed by atoms with van der Waals surface area (Å²) in [7, 11) is 0. The summed E-state index contributed by atoms with van der Waals surface area (Å²) in [6, 6.07) is 13.8. The number of ether oxygens (including phenoxy) is 2. The molecule has 228 valence electrons. The third-order valence-electron chi connectivity index (χ3n) is 8.30. The van der Waals surface area contributed by atoms with Crippen LogP contribution in [0.1, 0.15) is 48.0 Å². The molecule has 2 aromatic carbocycles. The summed E-state index contributed by atoms with van der Waals surface area (Å²) >= 11 is 0. The highest BCUT2D eigenvalue weighted by Gasteiger charge is 2.44. The molecule has 0 radical (unpaired) electrons. The summed E-state index contributed by atoms with van der Waals surface area (Å²) in [6.07, 6.45) is 0.985. The van der Waals surface area contributed by atoms with Crippen molar-refractivity contribution in [2.45, 2.75) is 44.8 Å². The lowest BCUT2D eigenvalue weighted by Crippen LogP contribution is -2.46. The molecule has 4 aliphatic heterocycles. The van der Waals surface area contributed by atoms with Gasteiger partial charge in [0, 0.05) is 48.3 Å². The van der Waals surface area contributed by atoms with Gasteiger partial charge in [-0.3, -0.25) is 4.79 Å². The Kier molecular flexibility index (Phi) is 7.99. The molecule has 5 heterocycles. The van der Waals surface area contributed by atoms with Crippen molar-refractivity contribution in [3.05, 3.63) is 59.7 Å². The molecule has 6 bridgehead atoms. The minimum Gasteiger partial charge on any atom is -0.493 e. The Bertz CT molecular complexity index is 1430. The first-order valence-electron chi connectivity index (χ1n) is 14.4. The summed E-state index contributed by atoms with van der Waals surface area (Å²) in [5.41, 5.74) is 2.10. The molecule has 6 aliphatic rings. The van der Waals surface area contributed by atoms with Gasteiger partial charge in [-0.1, -0.05) is 18.6 Å². The van der Waals surface area contributed by atoms with E-state index in [1.807, 2.05) is 24.3 Å². The summed E-state index contributed by atoms with van der Waals surface area (Å²) in [6.45, 7) is 1.71. The normalized spacial score (nSPS) is 19.7. The van der Waals surface area contributed by atoms with Crippen LogP contribution in [0.4, 0.5) is 30.8 Å². The van der Waals surface area contributed by atoms with Crippen LogP contribution in [0.15, 0.2) is 48.5 Å². The van der Waals surface area contributed by atoms with Crippen molar-refractivity contribution in [1.29, 1.82) is 0 Å². The molecule has 13 heteroatoms. The topological polar surface area (TPSA) is 122 Å². The molecule has 1 aromatic heterocycles. The smallest absolute Gasteiger partial charge is 0.422 e. The van der Waals surface area contributed by atoms with Crippen LogP contribution in [-0.4, -0.2) is 59.9 Å². The van der Waals surface area contributed by atoms with E-state index in [1.165, 1.54) is 6.42 Å². The fraction of sp³-hybridized carbons (Fsp3) is 0.467. The van der Waals surface area contributed by atoms with E-state index >= 15 is 0 Å². The highest BCUT2D eigenvalue weighted by atomic mass is 19.4. The molecule has 2 aliphatic carbocycles. The van der Waals surface area contributed by atoms with Gasteiger partial charge in [-0.25, -0.2) is 0 Å². The number of hydrogen-bond acceptors (Lipinski definition) is 9. The number of amides is 1. The van der Waals surface area contributed by atoms with Crippen LogP contribution >= 0.6 is 0 Å². The van der Waals surface area contributed by atoms with Crippen molar-refractivity contribution in [3.63, 3.8) is 0 Å². The minimum absolute atomic E-state index is 0.0156. The fourth-order valence-electron chi connectivity index (χ4n) is 5.26. The van der Waals surface area contributed by atoms with Crippen molar-refractivity contribution in [3.8, 4) is 11.8 Å². The summed E-state index contributed by atoms with van der Waals surface area (Å²) < 4.78 is 49.4. The van der Waals surface area contributed by atoms with E-state index in [-0.39, 0.29) is 28.6 Å². The Morgan fingerprint density at radius 3 is 2.23 bits per heavy atom. The second-order valence-electron chi connectivity index (χ2n) is 11.8. The number of nitrogens with one attached hydrogen (secondary N) is 4. The molecule has 10 nitrogen and oxygen atoms in total. The lowest BCUT2D eigenvalue weighted by Gasteiger charge is -2.42. The number of nitrogens with zero attached hydrogens (tertiary/aromatic N) is 3. The highest BCUT2D eigenvalue weighted by Crippen LogP contribution is 2.45. The van der Waals surface area contributed by atoms with Crippen LogP contribution in [0.5, 0.6) is 11.8 Å². The van der Waals surface area contributed by atoms with Gasteiger partial charge in [-0.15, -0.1) is 0 Å². The molecular formula is C30H34F3N7O3. The second-order valence-corrected chi connectivity index (χ2v) is 11.8. The van der Waals surface area contributed by atoms with Crippen molar-refractivity contribution < 1.29 is 27.4 Å². The molecule has 2 fully saturated rings. The Morgan fingerprint density at radius 2 is 1.56 bits per heavy atom. The number of carbonyl (C=O) groups is 1. The van der Waals surface area contributed by atoms with Gasteiger partial charge in [0.05, 0.1) is 6.61 Å². The number of hydrogen-bond donors (Lipinski definition) is 4. The van der Waals surface area contributed by atoms with Crippen molar-refractivity contribution in [2.75, 3.05) is 43.5 Å². The summed E-state index contributed by atoms with van der Waals surface area (Å²) in [5.74, 6) is 0.620. The first-order valence-corrected chi connectivity index (χ1v) is 14.4. The van der Waals surface area contributed by atoms with E-state index in [0.717, 1.165) is 50.1 Å². The lowest BCUT2D eigenvalue weighted by atomic mass is 9.69. The van der Waals surface area contributed by atoms with Crippen molar-refractivity contribution in [2.24, 2.45) is 10.8 Å². The third-order valence-corrected chi connectivity index (χ3v) is 8.30. The molecule has 4 N–H and O–H groups in total. The number of carbonyl (C=O) groups excluding carboxylic acids is 1. The molecule has 1 amide bonds. The SMILES string of the molecule is O=C1NCC2(CC2)CNCC2(CCC2)COc2ccc(cc2)CNc2nc(nc(OCC(F)(F)F)n2)Nc2ccc1cc2. The Morgan fingerprint density at radius 1 is 0.837 bits per heavy atom. The van der Waals surface area contributed by atoms with E-state index in [9.17, 15) is 18.0 Å². The maximum absolute atomic E-state index is 12.9. The number of halogens is 3. The monoisotopic (exact) mass is 597 g/mol. The molecule has 43 heavy (non-hydrogen) atoms. The van der Waals surface area contributed by atoms with Crippen LogP contribution < -0.4 is 30.7 Å². The zero-order valence-electron chi connectivity index (χ0n) is 23.6. The standard InChI is InChI=1S/C30H34F3N7O3/c31-30(32,33)19-43-27-39-25-35-14-20-2-8-23(9-3-20)42-18-29(10-1-11-29)16-34-15-28(12-13-28)17-36-24(41)21-4-6-22(7-5-21)37-26(38-25)40-27/h2-9,34H,1,10-19H2,(H,36,41)(H2,35,37,38,39,40). The number of benzene rings is 2. The molecule has 0 atom stereocenters. The zero-order valence-corrected chi connectivity index (χ0v) is 23.6. The Labute approximate surface area is 247 Å². The van der Waals surface area contributed by atoms with Crippen molar-refractivity contribution >= 4 is 23.5 Å². The first kappa shape index (κ1) is 29.0. The summed E-state index contributed by atoms with van der Waals surface area (Å²) in [4.78, 5) is 25.2. The highest BCUT2D eigenvalue weighted by molar-refractivity contribution is 5.94. The average Bonchev–Trinajstić information content (AvgIpc) is 3.74. The van der Waals surface area contributed by atoms with E-state index in [1.54, 1.807) is 24.3 Å². The van der Waals surface area contributed by atoms with E-state index in [2.05, 4.69) is 36.2 Å². The van der Waals surface area contributed by atoms with Crippen LogP contribution in [0.25, 0.3) is 0 Å².